The van der Waals surface area contributed by atoms with Gasteiger partial charge in [0.1, 0.15) is 17.1 Å². The number of primary amides is 1. The van der Waals surface area contributed by atoms with E-state index in [-0.39, 0.29) is 17.3 Å². The van der Waals surface area contributed by atoms with Crippen LogP contribution in [0.4, 0.5) is 23.0 Å². The van der Waals surface area contributed by atoms with Gasteiger partial charge in [-0.2, -0.15) is 0 Å². The van der Waals surface area contributed by atoms with Gasteiger partial charge in [0, 0.05) is 62.4 Å². The number of amides is 1. The summed E-state index contributed by atoms with van der Waals surface area (Å²) in [6.07, 6.45) is 10.7. The van der Waals surface area contributed by atoms with Crippen LogP contribution in [0.1, 0.15) is 61.9 Å². The van der Waals surface area contributed by atoms with Crippen LogP contribution in [0.25, 0.3) is 11.4 Å². The molecular weight excluding hydrogens is 618 g/mol. The summed E-state index contributed by atoms with van der Waals surface area (Å²) in [6, 6.07) is 12.8. The lowest BCUT2D eigenvalue weighted by Gasteiger charge is -2.54. The van der Waals surface area contributed by atoms with Gasteiger partial charge < -0.3 is 40.5 Å². The first-order valence-corrected chi connectivity index (χ1v) is 18.0. The number of nitrogens with zero attached hydrogens (tertiary/aromatic N) is 6. The molecule has 4 aliphatic heterocycles. The van der Waals surface area contributed by atoms with E-state index in [1.165, 1.54) is 57.5 Å². The Morgan fingerprint density at radius 2 is 1.71 bits per heavy atom. The Morgan fingerprint density at radius 1 is 0.959 bits per heavy atom. The molecule has 5 aliphatic rings. The normalized spacial score (nSPS) is 23.6. The number of carbonyl (C=O) groups excluding carboxylic acids is 1. The van der Waals surface area contributed by atoms with Gasteiger partial charge in [-0.05, 0) is 113 Å². The summed E-state index contributed by atoms with van der Waals surface area (Å²) < 4.78 is 11.7. The molecule has 12 heteroatoms. The van der Waals surface area contributed by atoms with Crippen LogP contribution >= 0.6 is 0 Å². The van der Waals surface area contributed by atoms with Crippen LogP contribution in [0.15, 0.2) is 42.6 Å². The predicted octanol–water partition coefficient (Wildman–Crippen LogP) is 4.51. The molecule has 8 rings (SSSR count). The first kappa shape index (κ1) is 32.2. The highest BCUT2D eigenvalue weighted by Gasteiger charge is 2.48. The topological polar surface area (TPSA) is 134 Å². The zero-order chi connectivity index (χ0) is 33.6. The largest absolute Gasteiger partial charge is 0.494 e. The van der Waals surface area contributed by atoms with Crippen molar-refractivity contribution in [3.63, 3.8) is 0 Å². The molecule has 1 atom stereocenters. The highest BCUT2D eigenvalue weighted by Crippen LogP contribution is 2.47. The number of piperidine rings is 2. The number of nitrogens with one attached hydrogen (secondary N) is 2. The quantitative estimate of drug-likeness (QED) is 0.298. The molecular formula is C37H49N9O3. The van der Waals surface area contributed by atoms with Gasteiger partial charge in [0.25, 0.3) is 5.91 Å². The molecule has 0 radical (unpaired) electrons. The molecule has 3 aromatic rings. The van der Waals surface area contributed by atoms with E-state index in [0.29, 0.717) is 46.8 Å². The molecule has 1 amide bonds. The maximum Gasteiger partial charge on any atom is 0.271 e. The van der Waals surface area contributed by atoms with Crippen molar-refractivity contribution in [2.24, 2.45) is 11.1 Å². The van der Waals surface area contributed by atoms with Crippen LogP contribution < -0.4 is 26.0 Å². The van der Waals surface area contributed by atoms with E-state index < -0.39 is 5.91 Å². The van der Waals surface area contributed by atoms with Crippen molar-refractivity contribution in [1.29, 1.82) is 0 Å². The standard InChI is InChI=1S/C37H49N9O3/c1-44-23-36(24-44)14-19-46(20-15-36)28-9-17-45(18-10-28)27-7-5-25(6-8-27)40-35-32(33(38)47)42-31(30-29(48-2)4-3-16-39-30)34(43-35)41-26-11-21-49-37(22-26)12-13-37/h3-8,16,26,28H,9-15,17-24H2,1-2H3,(H2,38,47)(H2,40,41,43). The third kappa shape index (κ3) is 6.65. The molecule has 0 bridgehead atoms. The smallest absolute Gasteiger partial charge is 0.271 e. The second kappa shape index (κ2) is 13.0. The summed E-state index contributed by atoms with van der Waals surface area (Å²) in [5.41, 5.74) is 9.43. The summed E-state index contributed by atoms with van der Waals surface area (Å²) in [7, 11) is 3.83. The van der Waals surface area contributed by atoms with Gasteiger partial charge in [-0.3, -0.25) is 9.78 Å². The molecule has 2 aromatic heterocycles. The maximum atomic E-state index is 12.8. The van der Waals surface area contributed by atoms with Crippen LogP contribution in [-0.2, 0) is 4.74 Å². The van der Waals surface area contributed by atoms with Crippen LogP contribution in [0, 0.1) is 5.41 Å². The second-order valence-corrected chi connectivity index (χ2v) is 15.0. The minimum absolute atomic E-state index is 0.0263. The van der Waals surface area contributed by atoms with Crippen LogP contribution in [0.3, 0.4) is 0 Å². The Bertz CT molecular complexity index is 1660. The van der Waals surface area contributed by atoms with Gasteiger partial charge in [-0.1, -0.05) is 0 Å². The minimum Gasteiger partial charge on any atom is -0.494 e. The lowest BCUT2D eigenvalue weighted by atomic mass is 9.72. The van der Waals surface area contributed by atoms with E-state index in [2.05, 4.69) is 49.5 Å². The number of likely N-dealkylation sites (tertiary alicyclic amines) is 2. The molecule has 49 heavy (non-hydrogen) atoms. The Kier molecular flexibility index (Phi) is 8.57. The Balaban J connectivity index is 0.975. The molecule has 2 spiro atoms. The summed E-state index contributed by atoms with van der Waals surface area (Å²) in [5.74, 6) is 0.680. The number of hydrogen-bond acceptors (Lipinski definition) is 11. The summed E-state index contributed by atoms with van der Waals surface area (Å²) in [4.78, 5) is 34.8. The Morgan fingerprint density at radius 3 is 2.39 bits per heavy atom. The van der Waals surface area contributed by atoms with Gasteiger partial charge in [0.2, 0.25) is 0 Å². The highest BCUT2D eigenvalue weighted by atomic mass is 16.5. The number of aromatic nitrogens is 3. The number of nitrogens with two attached hydrogens (primary N) is 1. The highest BCUT2D eigenvalue weighted by molar-refractivity contribution is 5.97. The van der Waals surface area contributed by atoms with Crippen molar-refractivity contribution in [2.75, 3.05) is 75.6 Å². The van der Waals surface area contributed by atoms with Gasteiger partial charge in [0.05, 0.1) is 12.7 Å². The number of carbonyl (C=O) groups is 1. The van der Waals surface area contributed by atoms with Crippen LogP contribution in [0.2, 0.25) is 0 Å². The predicted molar refractivity (Wildman–Crippen MR) is 191 cm³/mol. The zero-order valence-electron chi connectivity index (χ0n) is 28.8. The third-order valence-corrected chi connectivity index (χ3v) is 11.5. The average molecular weight is 668 g/mol. The van der Waals surface area contributed by atoms with Crippen LogP contribution in [-0.4, -0.2) is 108 Å². The molecule has 260 valence electrons. The number of anilines is 4. The molecule has 1 aliphatic carbocycles. The van der Waals surface area contributed by atoms with Crippen molar-refractivity contribution in [3.8, 4) is 17.1 Å². The molecule has 5 fully saturated rings. The molecule has 6 heterocycles. The summed E-state index contributed by atoms with van der Waals surface area (Å²) in [6.45, 7) is 7.86. The van der Waals surface area contributed by atoms with Crippen molar-refractivity contribution in [2.45, 2.75) is 69.1 Å². The monoisotopic (exact) mass is 667 g/mol. The maximum absolute atomic E-state index is 12.8. The van der Waals surface area contributed by atoms with Crippen molar-refractivity contribution in [3.05, 3.63) is 48.3 Å². The molecule has 1 aromatic carbocycles. The van der Waals surface area contributed by atoms with Crippen molar-refractivity contribution >= 4 is 28.9 Å². The molecule has 4 N–H and O–H groups in total. The van der Waals surface area contributed by atoms with Gasteiger partial charge in [0.15, 0.2) is 17.3 Å². The van der Waals surface area contributed by atoms with Crippen molar-refractivity contribution < 1.29 is 14.3 Å². The van der Waals surface area contributed by atoms with Crippen molar-refractivity contribution in [1.82, 2.24) is 24.8 Å². The van der Waals surface area contributed by atoms with E-state index >= 15 is 0 Å². The lowest BCUT2D eigenvalue weighted by molar-refractivity contribution is -0.0419. The second-order valence-electron chi connectivity index (χ2n) is 15.0. The fourth-order valence-electron chi connectivity index (χ4n) is 8.69. The lowest BCUT2D eigenvalue weighted by Crippen LogP contribution is -2.60. The Hall–Kier alpha value is -4.00. The van der Waals surface area contributed by atoms with E-state index in [1.807, 2.05) is 18.2 Å². The van der Waals surface area contributed by atoms with Crippen LogP contribution in [0.5, 0.6) is 5.75 Å². The average Bonchev–Trinajstić information content (AvgIpc) is 3.86. The SMILES string of the molecule is COc1cccnc1-c1nc(C(N)=O)c(Nc2ccc(N3CCC(N4CCC5(CC4)CN(C)C5)CC3)cc2)nc1NC1CCOC2(CC2)C1. The van der Waals surface area contributed by atoms with Gasteiger partial charge in [-0.15, -0.1) is 0 Å². The number of pyridine rings is 1. The molecule has 1 saturated carbocycles. The number of benzene rings is 1. The van der Waals surface area contributed by atoms with E-state index in [0.717, 1.165) is 44.5 Å². The number of methoxy groups -OCH3 is 1. The Labute approximate surface area is 288 Å². The molecule has 12 nitrogen and oxygen atoms in total. The number of ether oxygens (including phenoxy) is 2. The fraction of sp³-hybridized carbons (Fsp3) is 0.568. The summed E-state index contributed by atoms with van der Waals surface area (Å²) in [5, 5.41) is 6.97. The fourth-order valence-corrected chi connectivity index (χ4v) is 8.69. The van der Waals surface area contributed by atoms with E-state index in [1.54, 1.807) is 19.4 Å². The minimum atomic E-state index is -0.677. The van der Waals surface area contributed by atoms with Gasteiger partial charge >= 0.3 is 0 Å². The summed E-state index contributed by atoms with van der Waals surface area (Å²) >= 11 is 0. The first-order chi connectivity index (χ1) is 23.8. The van der Waals surface area contributed by atoms with E-state index in [4.69, 9.17) is 25.2 Å². The van der Waals surface area contributed by atoms with E-state index in [9.17, 15) is 4.79 Å². The number of hydrogen-bond donors (Lipinski definition) is 3. The van der Waals surface area contributed by atoms with Gasteiger partial charge in [-0.25, -0.2) is 9.97 Å². The zero-order valence-corrected chi connectivity index (χ0v) is 28.8. The third-order valence-electron chi connectivity index (χ3n) is 11.5. The molecule has 1 unspecified atom stereocenters. The molecule has 4 saturated heterocycles. The number of rotatable bonds is 9. The first-order valence-electron chi connectivity index (χ1n) is 18.0.